The third kappa shape index (κ3) is 5.00. The molecule has 158 valence electrons. The molecular weight excluding hydrogens is 386 g/mol. The van der Waals surface area contributed by atoms with Gasteiger partial charge in [-0.05, 0) is 43.7 Å². The predicted molar refractivity (Wildman–Crippen MR) is 122 cm³/mol. The van der Waals surface area contributed by atoms with Crippen LogP contribution in [0.15, 0.2) is 66.7 Å². The Balaban J connectivity index is 1.47. The Morgan fingerprint density at radius 2 is 1.77 bits per heavy atom. The number of aromatic nitrogens is 1. The van der Waals surface area contributed by atoms with Crippen LogP contribution in [-0.4, -0.2) is 23.2 Å². The quantitative estimate of drug-likeness (QED) is 0.514. The highest BCUT2D eigenvalue weighted by atomic mass is 16.5. The maximum atomic E-state index is 12.4. The fourth-order valence-electron chi connectivity index (χ4n) is 3.78. The molecule has 1 amide bonds. The summed E-state index contributed by atoms with van der Waals surface area (Å²) in [6, 6.07) is 21.4. The van der Waals surface area contributed by atoms with Gasteiger partial charge in [0, 0.05) is 17.2 Å². The molecule has 1 atom stereocenters. The zero-order valence-corrected chi connectivity index (χ0v) is 17.9. The van der Waals surface area contributed by atoms with E-state index in [1.165, 1.54) is 0 Å². The van der Waals surface area contributed by atoms with Crippen LogP contribution in [0.5, 0.6) is 5.88 Å². The molecule has 5 heteroatoms. The first-order valence-electron chi connectivity index (χ1n) is 10.7. The molecule has 0 radical (unpaired) electrons. The van der Waals surface area contributed by atoms with Gasteiger partial charge in [-0.15, -0.1) is 0 Å². The molecule has 0 bridgehead atoms. The van der Waals surface area contributed by atoms with Gasteiger partial charge in [0.05, 0.1) is 17.4 Å². The van der Waals surface area contributed by atoms with E-state index in [4.69, 9.17) is 10.1 Å². The monoisotopic (exact) mass is 413 g/mol. The number of nitrogens with zero attached hydrogens (tertiary/aromatic N) is 1. The first-order valence-corrected chi connectivity index (χ1v) is 10.7. The number of amides is 1. The van der Waals surface area contributed by atoms with Crippen molar-refractivity contribution in [2.24, 2.45) is 0 Å². The molecule has 31 heavy (non-hydrogen) atoms. The van der Waals surface area contributed by atoms with Gasteiger partial charge in [-0.25, -0.2) is 4.98 Å². The van der Waals surface area contributed by atoms with Crippen molar-refractivity contribution in [2.45, 2.75) is 38.6 Å². The normalized spacial score (nSPS) is 14.0. The van der Waals surface area contributed by atoms with Crippen LogP contribution in [0.4, 0.5) is 0 Å². The second-order valence-electron chi connectivity index (χ2n) is 8.01. The second-order valence-corrected chi connectivity index (χ2v) is 8.01. The van der Waals surface area contributed by atoms with Gasteiger partial charge in [-0.3, -0.25) is 10.2 Å². The van der Waals surface area contributed by atoms with Gasteiger partial charge in [0.2, 0.25) is 5.88 Å². The van der Waals surface area contributed by atoms with E-state index in [9.17, 15) is 4.79 Å². The molecule has 1 saturated carbocycles. The highest BCUT2D eigenvalue weighted by Gasteiger charge is 2.30. The SMILES string of the molecule is Cc1nc(OCC(=O)NC(C)c2ccccc2)cc(C2CC2)c1C(=N)c1ccccc1. The van der Waals surface area contributed by atoms with E-state index in [0.29, 0.717) is 17.5 Å². The number of hydrogen-bond acceptors (Lipinski definition) is 4. The van der Waals surface area contributed by atoms with Gasteiger partial charge in [-0.1, -0.05) is 60.7 Å². The Hall–Kier alpha value is -3.47. The molecule has 0 aliphatic heterocycles. The van der Waals surface area contributed by atoms with Crippen LogP contribution in [0.25, 0.3) is 0 Å². The van der Waals surface area contributed by atoms with Crippen LogP contribution in [0.3, 0.4) is 0 Å². The highest BCUT2D eigenvalue weighted by molar-refractivity contribution is 6.12. The average molecular weight is 414 g/mol. The lowest BCUT2D eigenvalue weighted by atomic mass is 9.94. The van der Waals surface area contributed by atoms with Crippen LogP contribution in [0.2, 0.25) is 0 Å². The Morgan fingerprint density at radius 3 is 2.42 bits per heavy atom. The van der Waals surface area contributed by atoms with Crippen molar-refractivity contribution in [3.63, 3.8) is 0 Å². The van der Waals surface area contributed by atoms with E-state index in [1.807, 2.05) is 80.6 Å². The Morgan fingerprint density at radius 1 is 1.13 bits per heavy atom. The Labute approximate surface area is 183 Å². The van der Waals surface area contributed by atoms with Crippen molar-refractivity contribution >= 4 is 11.6 Å². The summed E-state index contributed by atoms with van der Waals surface area (Å²) in [6.07, 6.45) is 2.21. The van der Waals surface area contributed by atoms with E-state index in [-0.39, 0.29) is 18.6 Å². The van der Waals surface area contributed by atoms with Crippen molar-refractivity contribution in [1.82, 2.24) is 10.3 Å². The summed E-state index contributed by atoms with van der Waals surface area (Å²) in [5.41, 5.74) is 5.12. The minimum Gasteiger partial charge on any atom is -0.468 e. The molecule has 1 aromatic heterocycles. The third-order valence-electron chi connectivity index (χ3n) is 5.57. The van der Waals surface area contributed by atoms with Crippen molar-refractivity contribution < 1.29 is 9.53 Å². The number of nitrogens with one attached hydrogen (secondary N) is 2. The van der Waals surface area contributed by atoms with Crippen LogP contribution in [0.1, 0.15) is 59.7 Å². The summed E-state index contributed by atoms with van der Waals surface area (Å²) in [7, 11) is 0. The first-order chi connectivity index (χ1) is 15.0. The first kappa shape index (κ1) is 20.8. The summed E-state index contributed by atoms with van der Waals surface area (Å²) in [6.45, 7) is 3.76. The molecule has 0 saturated heterocycles. The van der Waals surface area contributed by atoms with Crippen LogP contribution >= 0.6 is 0 Å². The van der Waals surface area contributed by atoms with E-state index >= 15 is 0 Å². The fraction of sp³-hybridized carbons (Fsp3) is 0.269. The standard InChI is InChI=1S/C26H27N3O2/c1-17(19-9-5-3-6-10-19)28-23(30)16-31-24-15-22(20-13-14-20)25(18(2)29-24)26(27)21-11-7-4-8-12-21/h3-12,15,17,20,27H,13-14,16H2,1-2H3,(H,28,30). The fourth-order valence-corrected chi connectivity index (χ4v) is 3.78. The van der Waals surface area contributed by atoms with E-state index in [2.05, 4.69) is 10.3 Å². The smallest absolute Gasteiger partial charge is 0.258 e. The Kier molecular flexibility index (Phi) is 6.12. The summed E-state index contributed by atoms with van der Waals surface area (Å²) in [5.74, 6) is 0.673. The lowest BCUT2D eigenvalue weighted by molar-refractivity contribution is -0.123. The molecule has 1 unspecified atom stereocenters. The maximum absolute atomic E-state index is 12.4. The molecule has 0 spiro atoms. The number of rotatable bonds is 8. The van der Waals surface area contributed by atoms with Gasteiger partial charge in [0.1, 0.15) is 0 Å². The molecule has 1 aliphatic rings. The number of carbonyl (C=O) groups excluding carboxylic acids is 1. The largest absolute Gasteiger partial charge is 0.468 e. The molecule has 1 fully saturated rings. The number of hydrogen-bond donors (Lipinski definition) is 2. The van der Waals surface area contributed by atoms with Crippen LogP contribution < -0.4 is 10.1 Å². The summed E-state index contributed by atoms with van der Waals surface area (Å²) >= 11 is 0. The zero-order valence-electron chi connectivity index (χ0n) is 17.9. The van der Waals surface area contributed by atoms with E-state index in [1.54, 1.807) is 0 Å². The van der Waals surface area contributed by atoms with Crippen LogP contribution in [0, 0.1) is 12.3 Å². The minimum absolute atomic E-state index is 0.0940. The average Bonchev–Trinajstić information content (AvgIpc) is 3.63. The molecule has 1 heterocycles. The van der Waals surface area contributed by atoms with Crippen molar-refractivity contribution in [3.8, 4) is 5.88 Å². The number of aryl methyl sites for hydroxylation is 1. The van der Waals surface area contributed by atoms with Crippen molar-refractivity contribution in [1.29, 1.82) is 5.41 Å². The lowest BCUT2D eigenvalue weighted by Crippen LogP contribution is -2.31. The summed E-state index contributed by atoms with van der Waals surface area (Å²) in [4.78, 5) is 16.9. The topological polar surface area (TPSA) is 75.1 Å². The predicted octanol–water partition coefficient (Wildman–Crippen LogP) is 4.94. The number of benzene rings is 2. The number of ether oxygens (including phenoxy) is 1. The molecule has 4 rings (SSSR count). The van der Waals surface area contributed by atoms with Crippen LogP contribution in [-0.2, 0) is 4.79 Å². The van der Waals surface area contributed by atoms with E-state index < -0.39 is 0 Å². The lowest BCUT2D eigenvalue weighted by Gasteiger charge is -2.17. The van der Waals surface area contributed by atoms with E-state index in [0.717, 1.165) is 40.8 Å². The molecule has 2 aromatic carbocycles. The van der Waals surface area contributed by atoms with Gasteiger partial charge < -0.3 is 10.1 Å². The van der Waals surface area contributed by atoms with Gasteiger partial charge in [-0.2, -0.15) is 0 Å². The Bertz CT molecular complexity index is 1080. The summed E-state index contributed by atoms with van der Waals surface area (Å²) in [5, 5.41) is 11.7. The van der Waals surface area contributed by atoms with Gasteiger partial charge >= 0.3 is 0 Å². The molecule has 1 aliphatic carbocycles. The number of pyridine rings is 1. The molecular formula is C26H27N3O2. The van der Waals surface area contributed by atoms with Gasteiger partial charge in [0.25, 0.3) is 5.91 Å². The second kappa shape index (κ2) is 9.13. The summed E-state index contributed by atoms with van der Waals surface area (Å²) < 4.78 is 5.75. The van der Waals surface area contributed by atoms with Crippen molar-refractivity contribution in [3.05, 3.63) is 94.7 Å². The number of carbonyl (C=O) groups is 1. The maximum Gasteiger partial charge on any atom is 0.258 e. The van der Waals surface area contributed by atoms with Gasteiger partial charge in [0.15, 0.2) is 6.61 Å². The molecule has 2 N–H and O–H groups in total. The highest BCUT2D eigenvalue weighted by Crippen LogP contribution is 2.43. The zero-order chi connectivity index (χ0) is 21.8. The minimum atomic E-state index is -0.190. The van der Waals surface area contributed by atoms with Crippen molar-refractivity contribution in [2.75, 3.05) is 6.61 Å². The third-order valence-corrected chi connectivity index (χ3v) is 5.57. The molecule has 3 aromatic rings. The molecule has 5 nitrogen and oxygen atoms in total.